The summed E-state index contributed by atoms with van der Waals surface area (Å²) in [5.41, 5.74) is 2.26. The van der Waals surface area contributed by atoms with Crippen LogP contribution in [0.4, 0.5) is 4.39 Å². The van der Waals surface area contributed by atoms with Crippen LogP contribution in [0.15, 0.2) is 40.9 Å². The summed E-state index contributed by atoms with van der Waals surface area (Å²) >= 11 is 14.5. The molecule has 0 saturated heterocycles. The van der Waals surface area contributed by atoms with Crippen LogP contribution in [-0.2, 0) is 0 Å². The van der Waals surface area contributed by atoms with E-state index >= 15 is 0 Å². The molecule has 0 aliphatic heterocycles. The van der Waals surface area contributed by atoms with Crippen molar-refractivity contribution in [3.8, 4) is 5.69 Å². The van der Waals surface area contributed by atoms with Crippen molar-refractivity contribution in [1.29, 1.82) is 0 Å². The van der Waals surface area contributed by atoms with Gasteiger partial charge in [0.25, 0.3) is 0 Å². The molecule has 0 radical (unpaired) electrons. The van der Waals surface area contributed by atoms with E-state index in [1.165, 1.54) is 6.07 Å². The number of aromatic nitrogens is 2. The van der Waals surface area contributed by atoms with E-state index in [0.717, 1.165) is 15.7 Å². The lowest BCUT2D eigenvalue weighted by Gasteiger charge is -2.05. The van der Waals surface area contributed by atoms with E-state index in [0.29, 0.717) is 10.3 Å². The van der Waals surface area contributed by atoms with Gasteiger partial charge < -0.3 is 4.98 Å². The summed E-state index contributed by atoms with van der Waals surface area (Å²) in [5, 5.41) is 0.0763. The number of hydrogen-bond acceptors (Lipinski definition) is 1. The summed E-state index contributed by atoms with van der Waals surface area (Å²) in [5.74, 6) is -0.464. The predicted octanol–water partition coefficient (Wildman–Crippen LogP) is 5.24. The van der Waals surface area contributed by atoms with Gasteiger partial charge in [-0.25, -0.2) is 4.39 Å². The molecule has 0 bridgehead atoms. The third-order valence-corrected chi connectivity index (χ3v) is 3.91. The Morgan fingerprint density at radius 1 is 1.21 bits per heavy atom. The number of nitrogens with one attached hydrogen (secondary N) is 1. The van der Waals surface area contributed by atoms with Crippen LogP contribution in [0, 0.1) is 10.6 Å². The first kappa shape index (κ1) is 12.8. The zero-order valence-electron chi connectivity index (χ0n) is 9.45. The van der Waals surface area contributed by atoms with E-state index in [4.69, 9.17) is 23.8 Å². The molecule has 0 fully saturated rings. The third-order valence-electron chi connectivity index (χ3n) is 2.81. The molecule has 2 aromatic carbocycles. The highest BCUT2D eigenvalue weighted by Gasteiger charge is 2.10. The van der Waals surface area contributed by atoms with Crippen molar-refractivity contribution in [2.24, 2.45) is 0 Å². The van der Waals surface area contributed by atoms with E-state index in [-0.39, 0.29) is 5.02 Å². The molecular formula is C13H7BrClFN2S. The monoisotopic (exact) mass is 356 g/mol. The van der Waals surface area contributed by atoms with Crippen molar-refractivity contribution in [3.05, 3.63) is 56.5 Å². The summed E-state index contributed by atoms with van der Waals surface area (Å²) < 4.78 is 16.7. The molecule has 0 amide bonds. The van der Waals surface area contributed by atoms with Crippen LogP contribution >= 0.6 is 39.7 Å². The Kier molecular flexibility index (Phi) is 3.20. The molecule has 0 aliphatic carbocycles. The van der Waals surface area contributed by atoms with Gasteiger partial charge in [0.2, 0.25) is 0 Å². The molecule has 0 saturated carbocycles. The normalized spacial score (nSPS) is 11.1. The minimum atomic E-state index is -0.464. The smallest absolute Gasteiger partial charge is 0.182 e. The van der Waals surface area contributed by atoms with Gasteiger partial charge in [-0.15, -0.1) is 0 Å². The maximum atomic E-state index is 13.4. The van der Waals surface area contributed by atoms with Gasteiger partial charge in [0, 0.05) is 16.2 Å². The fourth-order valence-electron chi connectivity index (χ4n) is 1.95. The van der Waals surface area contributed by atoms with Gasteiger partial charge in [0.15, 0.2) is 4.77 Å². The highest BCUT2D eigenvalue weighted by molar-refractivity contribution is 9.10. The molecule has 19 heavy (non-hydrogen) atoms. The highest BCUT2D eigenvalue weighted by Crippen LogP contribution is 2.26. The van der Waals surface area contributed by atoms with Crippen LogP contribution in [0.25, 0.3) is 16.7 Å². The third kappa shape index (κ3) is 2.22. The zero-order valence-corrected chi connectivity index (χ0v) is 12.6. The Morgan fingerprint density at radius 3 is 2.58 bits per heavy atom. The Morgan fingerprint density at radius 2 is 1.89 bits per heavy atom. The average Bonchev–Trinajstić information content (AvgIpc) is 2.67. The number of benzene rings is 2. The predicted molar refractivity (Wildman–Crippen MR) is 81.1 cm³/mol. The first-order valence-electron chi connectivity index (χ1n) is 5.42. The van der Waals surface area contributed by atoms with Crippen molar-refractivity contribution >= 4 is 50.8 Å². The zero-order chi connectivity index (χ0) is 13.6. The minimum Gasteiger partial charge on any atom is -0.330 e. The molecule has 1 N–H and O–H groups in total. The van der Waals surface area contributed by atoms with Crippen LogP contribution in [0.2, 0.25) is 5.02 Å². The molecule has 0 atom stereocenters. The fourth-order valence-corrected chi connectivity index (χ4v) is 2.68. The van der Waals surface area contributed by atoms with Crippen molar-refractivity contribution in [1.82, 2.24) is 9.55 Å². The Balaban J connectivity index is 2.34. The summed E-state index contributed by atoms with van der Waals surface area (Å²) in [7, 11) is 0. The molecule has 0 unspecified atom stereocenters. The molecular weight excluding hydrogens is 351 g/mol. The van der Waals surface area contributed by atoms with Gasteiger partial charge >= 0.3 is 0 Å². The number of aromatic amines is 1. The molecule has 0 spiro atoms. The first-order valence-corrected chi connectivity index (χ1v) is 7.00. The average molecular weight is 358 g/mol. The lowest BCUT2D eigenvalue weighted by Crippen LogP contribution is -1.93. The molecule has 96 valence electrons. The van der Waals surface area contributed by atoms with Crippen molar-refractivity contribution in [3.63, 3.8) is 0 Å². The van der Waals surface area contributed by atoms with Gasteiger partial charge in [0.05, 0.1) is 16.1 Å². The Hall–Kier alpha value is -1.17. The molecule has 1 aromatic heterocycles. The molecule has 2 nitrogen and oxygen atoms in total. The SMILES string of the molecule is Fc1cc2[nH]c(=S)n(-c3ccc(Br)cc3)c2cc1Cl. The second-order valence-electron chi connectivity index (χ2n) is 4.03. The molecule has 1 heterocycles. The second kappa shape index (κ2) is 4.74. The van der Waals surface area contributed by atoms with Crippen molar-refractivity contribution < 1.29 is 4.39 Å². The van der Waals surface area contributed by atoms with Crippen LogP contribution in [0.5, 0.6) is 0 Å². The minimum absolute atomic E-state index is 0.0763. The molecule has 6 heteroatoms. The van der Waals surface area contributed by atoms with Gasteiger partial charge in [0.1, 0.15) is 5.82 Å². The number of hydrogen-bond donors (Lipinski definition) is 1. The standard InChI is InChI=1S/C13H7BrClFN2S/c14-7-1-3-8(4-2-7)18-12-5-9(15)10(16)6-11(12)17-13(18)19/h1-6H,(H,17,19). The lowest BCUT2D eigenvalue weighted by atomic mass is 10.2. The number of imidazole rings is 1. The van der Waals surface area contributed by atoms with Crippen molar-refractivity contribution in [2.75, 3.05) is 0 Å². The molecule has 0 aliphatic rings. The topological polar surface area (TPSA) is 20.7 Å². The van der Waals surface area contributed by atoms with E-state index in [2.05, 4.69) is 20.9 Å². The fraction of sp³-hybridized carbons (Fsp3) is 0. The van der Waals surface area contributed by atoms with Crippen molar-refractivity contribution in [2.45, 2.75) is 0 Å². The van der Waals surface area contributed by atoms with Gasteiger partial charge in [-0.1, -0.05) is 27.5 Å². The number of rotatable bonds is 1. The van der Waals surface area contributed by atoms with E-state index < -0.39 is 5.82 Å². The number of fused-ring (bicyclic) bond motifs is 1. The Labute approximate surface area is 127 Å². The molecule has 3 aromatic rings. The lowest BCUT2D eigenvalue weighted by molar-refractivity contribution is 0.630. The van der Waals surface area contributed by atoms with E-state index in [9.17, 15) is 4.39 Å². The van der Waals surface area contributed by atoms with Crippen LogP contribution in [-0.4, -0.2) is 9.55 Å². The maximum absolute atomic E-state index is 13.4. The largest absolute Gasteiger partial charge is 0.330 e. The van der Waals surface area contributed by atoms with E-state index in [1.807, 2.05) is 28.8 Å². The summed E-state index contributed by atoms with van der Waals surface area (Å²) in [6, 6.07) is 10.6. The van der Waals surface area contributed by atoms with Crippen LogP contribution in [0.1, 0.15) is 0 Å². The number of halogens is 3. The van der Waals surface area contributed by atoms with Crippen LogP contribution in [0.3, 0.4) is 0 Å². The van der Waals surface area contributed by atoms with Gasteiger partial charge in [-0.2, -0.15) is 0 Å². The number of H-pyrrole nitrogens is 1. The van der Waals surface area contributed by atoms with Crippen LogP contribution < -0.4 is 0 Å². The summed E-state index contributed by atoms with van der Waals surface area (Å²) in [4.78, 5) is 2.98. The first-order chi connectivity index (χ1) is 9.06. The molecule has 3 rings (SSSR count). The highest BCUT2D eigenvalue weighted by atomic mass is 79.9. The Bertz CT molecular complexity index is 823. The van der Waals surface area contributed by atoms with E-state index in [1.54, 1.807) is 6.07 Å². The van der Waals surface area contributed by atoms with Gasteiger partial charge in [-0.05, 0) is 42.5 Å². The van der Waals surface area contributed by atoms with Gasteiger partial charge in [-0.3, -0.25) is 4.57 Å². The quantitative estimate of drug-likeness (QED) is 0.590. The maximum Gasteiger partial charge on any atom is 0.182 e. The summed E-state index contributed by atoms with van der Waals surface area (Å²) in [6.07, 6.45) is 0. The summed E-state index contributed by atoms with van der Waals surface area (Å²) in [6.45, 7) is 0. The number of nitrogens with zero attached hydrogens (tertiary/aromatic N) is 1. The second-order valence-corrected chi connectivity index (χ2v) is 5.74.